The maximum absolute atomic E-state index is 12.4. The van der Waals surface area contributed by atoms with Gasteiger partial charge in [-0.3, -0.25) is 4.79 Å². The number of carbonyl (C=O) groups is 1. The third kappa shape index (κ3) is 1.76. The van der Waals surface area contributed by atoms with E-state index >= 15 is 0 Å². The molecule has 1 fully saturated rings. The SMILES string of the molecule is O=C1Cn2cccc2C2OC[C@H](Cc3ccccc3)N12. The Bertz CT molecular complexity index is 635. The van der Waals surface area contributed by atoms with Gasteiger partial charge in [0.1, 0.15) is 6.54 Å². The molecule has 0 radical (unpaired) electrons. The predicted molar refractivity (Wildman–Crippen MR) is 73.9 cm³/mol. The molecule has 1 aromatic heterocycles. The van der Waals surface area contributed by atoms with Crippen molar-refractivity contribution in [2.75, 3.05) is 6.61 Å². The third-order valence-corrected chi connectivity index (χ3v) is 4.12. The first-order chi connectivity index (χ1) is 9.83. The summed E-state index contributed by atoms with van der Waals surface area (Å²) in [5, 5.41) is 0. The van der Waals surface area contributed by atoms with Crippen LogP contribution in [0, 0.1) is 0 Å². The second-order valence-corrected chi connectivity index (χ2v) is 5.39. The summed E-state index contributed by atoms with van der Waals surface area (Å²) in [6.07, 6.45) is 2.59. The monoisotopic (exact) mass is 268 g/mol. The minimum atomic E-state index is -0.208. The van der Waals surface area contributed by atoms with Crippen molar-refractivity contribution in [2.24, 2.45) is 0 Å². The topological polar surface area (TPSA) is 34.5 Å². The second kappa shape index (κ2) is 4.49. The number of ether oxygens (including phenoxy) is 1. The molecular formula is C16H16N2O2. The summed E-state index contributed by atoms with van der Waals surface area (Å²) in [6, 6.07) is 14.4. The first-order valence-corrected chi connectivity index (χ1v) is 6.94. The van der Waals surface area contributed by atoms with Crippen LogP contribution in [0.3, 0.4) is 0 Å². The lowest BCUT2D eigenvalue weighted by molar-refractivity contribution is -0.142. The van der Waals surface area contributed by atoms with Crippen molar-refractivity contribution in [2.45, 2.75) is 25.2 Å². The lowest BCUT2D eigenvalue weighted by Crippen LogP contribution is -2.45. The number of hydrogen-bond acceptors (Lipinski definition) is 2. The van der Waals surface area contributed by atoms with Crippen molar-refractivity contribution in [1.29, 1.82) is 0 Å². The minimum absolute atomic E-state index is 0.138. The smallest absolute Gasteiger partial charge is 0.245 e. The zero-order chi connectivity index (χ0) is 13.5. The molecule has 1 amide bonds. The fourth-order valence-corrected chi connectivity index (χ4v) is 3.18. The Morgan fingerprint density at radius 3 is 2.85 bits per heavy atom. The minimum Gasteiger partial charge on any atom is -0.350 e. The van der Waals surface area contributed by atoms with Crippen LogP contribution in [0.4, 0.5) is 0 Å². The zero-order valence-electron chi connectivity index (χ0n) is 11.1. The van der Waals surface area contributed by atoms with Crippen LogP contribution in [-0.4, -0.2) is 28.0 Å². The Kier molecular flexibility index (Phi) is 2.63. The second-order valence-electron chi connectivity index (χ2n) is 5.39. The highest BCUT2D eigenvalue weighted by Crippen LogP contribution is 2.35. The molecule has 0 saturated carbocycles. The fourth-order valence-electron chi connectivity index (χ4n) is 3.18. The summed E-state index contributed by atoms with van der Waals surface area (Å²) in [7, 11) is 0. The number of rotatable bonds is 2. The maximum atomic E-state index is 12.4. The van der Waals surface area contributed by atoms with Crippen molar-refractivity contribution in [3.63, 3.8) is 0 Å². The van der Waals surface area contributed by atoms with Gasteiger partial charge in [0.15, 0.2) is 6.23 Å². The molecule has 2 aromatic rings. The van der Waals surface area contributed by atoms with Crippen LogP contribution >= 0.6 is 0 Å². The van der Waals surface area contributed by atoms with Crippen LogP contribution in [0.15, 0.2) is 48.7 Å². The molecule has 102 valence electrons. The molecule has 3 heterocycles. The summed E-state index contributed by atoms with van der Waals surface area (Å²) in [4.78, 5) is 14.3. The molecule has 1 aromatic carbocycles. The molecule has 0 N–H and O–H groups in total. The standard InChI is InChI=1S/C16H16N2O2/c19-15-10-17-8-4-7-14(17)16-18(15)13(11-20-16)9-12-5-2-1-3-6-12/h1-8,13,16H,9-11H2/t13-,16?/m0/s1. The van der Waals surface area contributed by atoms with Crippen LogP contribution in [0.2, 0.25) is 0 Å². The number of fused-ring (bicyclic) bond motifs is 3. The van der Waals surface area contributed by atoms with E-state index in [1.54, 1.807) is 0 Å². The molecule has 4 heteroatoms. The van der Waals surface area contributed by atoms with Gasteiger partial charge in [-0.15, -0.1) is 0 Å². The van der Waals surface area contributed by atoms with Gasteiger partial charge in [-0.2, -0.15) is 0 Å². The Hall–Kier alpha value is -2.07. The molecule has 0 bridgehead atoms. The molecule has 20 heavy (non-hydrogen) atoms. The Labute approximate surface area is 117 Å². The largest absolute Gasteiger partial charge is 0.350 e. The van der Waals surface area contributed by atoms with Gasteiger partial charge in [0, 0.05) is 6.20 Å². The van der Waals surface area contributed by atoms with Crippen LogP contribution in [0.1, 0.15) is 17.5 Å². The van der Waals surface area contributed by atoms with E-state index in [0.717, 1.165) is 12.1 Å². The highest BCUT2D eigenvalue weighted by Gasteiger charge is 2.42. The molecule has 1 unspecified atom stereocenters. The van der Waals surface area contributed by atoms with Crippen molar-refractivity contribution < 1.29 is 9.53 Å². The van der Waals surface area contributed by atoms with Crippen molar-refractivity contribution in [3.05, 3.63) is 59.9 Å². The molecule has 0 aliphatic carbocycles. The summed E-state index contributed by atoms with van der Waals surface area (Å²) < 4.78 is 7.86. The number of nitrogens with zero attached hydrogens (tertiary/aromatic N) is 2. The molecule has 4 rings (SSSR count). The summed E-state index contributed by atoms with van der Waals surface area (Å²) in [5.41, 5.74) is 2.33. The van der Waals surface area contributed by atoms with Gasteiger partial charge in [0.05, 0.1) is 18.3 Å². The van der Waals surface area contributed by atoms with E-state index < -0.39 is 0 Å². The first kappa shape index (κ1) is 11.7. The molecule has 2 aliphatic rings. The molecule has 2 aliphatic heterocycles. The maximum Gasteiger partial charge on any atom is 0.245 e. The van der Waals surface area contributed by atoms with Gasteiger partial charge in [-0.05, 0) is 24.1 Å². The van der Waals surface area contributed by atoms with E-state index in [1.165, 1.54) is 5.56 Å². The third-order valence-electron chi connectivity index (χ3n) is 4.12. The van der Waals surface area contributed by atoms with E-state index in [4.69, 9.17) is 4.74 Å². The Morgan fingerprint density at radius 1 is 1.15 bits per heavy atom. The molecule has 2 atom stereocenters. The van der Waals surface area contributed by atoms with Crippen molar-refractivity contribution in [3.8, 4) is 0 Å². The summed E-state index contributed by atoms with van der Waals surface area (Å²) >= 11 is 0. The number of aromatic nitrogens is 1. The van der Waals surface area contributed by atoms with Crippen LogP contribution in [-0.2, 0) is 22.5 Å². The lowest BCUT2D eigenvalue weighted by Gasteiger charge is -2.33. The van der Waals surface area contributed by atoms with Crippen LogP contribution < -0.4 is 0 Å². The number of hydrogen-bond donors (Lipinski definition) is 0. The number of carbonyl (C=O) groups excluding carboxylic acids is 1. The molecule has 0 spiro atoms. The van der Waals surface area contributed by atoms with Crippen molar-refractivity contribution >= 4 is 5.91 Å². The Balaban J connectivity index is 1.62. The lowest BCUT2D eigenvalue weighted by atomic mass is 10.0. The molecular weight excluding hydrogens is 252 g/mol. The van der Waals surface area contributed by atoms with E-state index in [0.29, 0.717) is 13.2 Å². The van der Waals surface area contributed by atoms with Gasteiger partial charge < -0.3 is 14.2 Å². The highest BCUT2D eigenvalue weighted by atomic mass is 16.5. The van der Waals surface area contributed by atoms with Gasteiger partial charge in [0.25, 0.3) is 0 Å². The van der Waals surface area contributed by atoms with Crippen LogP contribution in [0.25, 0.3) is 0 Å². The summed E-state index contributed by atoms with van der Waals surface area (Å²) in [5.74, 6) is 0.150. The molecule has 4 nitrogen and oxygen atoms in total. The molecule has 1 saturated heterocycles. The average Bonchev–Trinajstić information content (AvgIpc) is 3.07. The first-order valence-electron chi connectivity index (χ1n) is 6.94. The summed E-state index contributed by atoms with van der Waals surface area (Å²) in [6.45, 7) is 1.03. The van der Waals surface area contributed by atoms with Gasteiger partial charge in [-0.25, -0.2) is 0 Å². The number of amides is 1. The average molecular weight is 268 g/mol. The zero-order valence-corrected chi connectivity index (χ0v) is 11.1. The fraction of sp³-hybridized carbons (Fsp3) is 0.312. The van der Waals surface area contributed by atoms with Gasteiger partial charge >= 0.3 is 0 Å². The number of benzene rings is 1. The van der Waals surface area contributed by atoms with E-state index in [2.05, 4.69) is 12.1 Å². The highest BCUT2D eigenvalue weighted by molar-refractivity contribution is 5.78. The normalized spacial score (nSPS) is 24.6. The Morgan fingerprint density at radius 2 is 2.00 bits per heavy atom. The van der Waals surface area contributed by atoms with Gasteiger partial charge in [0.2, 0.25) is 5.91 Å². The van der Waals surface area contributed by atoms with E-state index in [9.17, 15) is 4.79 Å². The quantitative estimate of drug-likeness (QED) is 0.834. The van der Waals surface area contributed by atoms with Gasteiger partial charge in [-0.1, -0.05) is 30.3 Å². The predicted octanol–water partition coefficient (Wildman–Crippen LogP) is 1.97. The van der Waals surface area contributed by atoms with E-state index in [-0.39, 0.29) is 18.2 Å². The van der Waals surface area contributed by atoms with E-state index in [1.807, 2.05) is 46.0 Å². The van der Waals surface area contributed by atoms with Crippen molar-refractivity contribution in [1.82, 2.24) is 9.47 Å². The van der Waals surface area contributed by atoms with Crippen LogP contribution in [0.5, 0.6) is 0 Å².